The molecule has 0 atom stereocenters. The summed E-state index contributed by atoms with van der Waals surface area (Å²) in [6.07, 6.45) is 4.68. The lowest BCUT2D eigenvalue weighted by Crippen LogP contribution is -2.17. The molecular weight excluding hydrogens is 380 g/mol. The number of nitrogens with one attached hydrogen (secondary N) is 1. The van der Waals surface area contributed by atoms with Crippen LogP contribution in [0, 0.1) is 0 Å². The average molecular weight is 403 g/mol. The fraction of sp³-hybridized carbons (Fsp3) is 0.316. The number of amides is 1. The van der Waals surface area contributed by atoms with Gasteiger partial charge in [-0.05, 0) is 11.6 Å². The zero-order valence-electron chi connectivity index (χ0n) is 15.6. The Morgan fingerprint density at radius 1 is 1.26 bits per heavy atom. The Morgan fingerprint density at radius 3 is 2.81 bits per heavy atom. The zero-order valence-corrected chi connectivity index (χ0v) is 17.2. The maximum Gasteiger partial charge on any atom is 0.230 e. The average Bonchev–Trinajstić information content (AvgIpc) is 3.29. The van der Waals surface area contributed by atoms with E-state index in [-0.39, 0.29) is 5.91 Å². The van der Waals surface area contributed by atoms with E-state index in [1.165, 1.54) is 11.3 Å². The third-order valence-electron chi connectivity index (χ3n) is 3.84. The van der Waals surface area contributed by atoms with Crippen molar-refractivity contribution in [1.29, 1.82) is 0 Å². The molecule has 0 bridgehead atoms. The molecule has 0 unspecified atom stereocenters. The number of oxazole rings is 1. The minimum Gasteiger partial charge on any atom is -0.445 e. The summed E-state index contributed by atoms with van der Waals surface area (Å²) in [5.41, 5.74) is 2.03. The number of para-hydroxylation sites is 1. The molecule has 6 nitrogen and oxygen atoms in total. The second-order valence-corrected chi connectivity index (χ2v) is 8.40. The Bertz CT molecular complexity index is 905. The molecule has 0 fully saturated rings. The Morgan fingerprint density at radius 2 is 2.07 bits per heavy atom. The second-order valence-electron chi connectivity index (χ2n) is 6.10. The van der Waals surface area contributed by atoms with Gasteiger partial charge >= 0.3 is 0 Å². The summed E-state index contributed by atoms with van der Waals surface area (Å²) in [7, 11) is 3.94. The standard InChI is InChI=1S/C19H22N4O2S2/c1-4-14-10-20-17(25-14)12-26-18-11-21-19(27-18)22-16(24)9-13-7-5-6-8-15(13)23(2)3/h5-8,10-11H,4,9,12H2,1-3H3,(H,21,22,24). The first-order chi connectivity index (χ1) is 13.0. The van der Waals surface area contributed by atoms with E-state index in [2.05, 4.69) is 15.3 Å². The lowest BCUT2D eigenvalue weighted by atomic mass is 10.1. The molecule has 1 N–H and O–H groups in total. The molecule has 0 aliphatic heterocycles. The number of benzene rings is 1. The number of aryl methyl sites for hydroxylation is 1. The van der Waals surface area contributed by atoms with Crippen LogP contribution < -0.4 is 10.2 Å². The number of anilines is 2. The van der Waals surface area contributed by atoms with Crippen LogP contribution >= 0.6 is 23.1 Å². The summed E-state index contributed by atoms with van der Waals surface area (Å²) < 4.78 is 6.61. The third kappa shape index (κ3) is 5.33. The molecule has 2 aromatic heterocycles. The van der Waals surface area contributed by atoms with Crippen LogP contribution in [0.15, 0.2) is 45.3 Å². The Kier molecular flexibility index (Phi) is 6.52. The van der Waals surface area contributed by atoms with Crippen molar-refractivity contribution in [2.75, 3.05) is 24.3 Å². The molecule has 1 amide bonds. The highest BCUT2D eigenvalue weighted by atomic mass is 32.2. The molecule has 3 rings (SSSR count). The quantitative estimate of drug-likeness (QED) is 0.569. The molecule has 2 heterocycles. The number of carbonyl (C=O) groups excluding carboxylic acids is 1. The zero-order chi connectivity index (χ0) is 19.2. The van der Waals surface area contributed by atoms with Gasteiger partial charge < -0.3 is 14.6 Å². The van der Waals surface area contributed by atoms with E-state index in [1.54, 1.807) is 24.2 Å². The van der Waals surface area contributed by atoms with Gasteiger partial charge in [0.2, 0.25) is 11.8 Å². The normalized spacial score (nSPS) is 10.8. The summed E-state index contributed by atoms with van der Waals surface area (Å²) in [5, 5.41) is 3.49. The van der Waals surface area contributed by atoms with Gasteiger partial charge in [-0.3, -0.25) is 4.79 Å². The maximum atomic E-state index is 12.4. The Labute approximate surface area is 167 Å². The highest BCUT2D eigenvalue weighted by Gasteiger charge is 2.12. The summed E-state index contributed by atoms with van der Waals surface area (Å²) >= 11 is 3.05. The number of thioether (sulfide) groups is 1. The van der Waals surface area contributed by atoms with Crippen LogP contribution in [0.3, 0.4) is 0 Å². The number of hydrogen-bond acceptors (Lipinski definition) is 7. The SMILES string of the molecule is CCc1cnc(CSc2cnc(NC(=O)Cc3ccccc3N(C)C)s2)o1. The Balaban J connectivity index is 1.55. The predicted octanol–water partition coefficient (Wildman–Crippen LogP) is 4.23. The van der Waals surface area contributed by atoms with E-state index >= 15 is 0 Å². The number of hydrogen-bond donors (Lipinski definition) is 1. The van der Waals surface area contributed by atoms with E-state index in [9.17, 15) is 4.79 Å². The number of aromatic nitrogens is 2. The van der Waals surface area contributed by atoms with Gasteiger partial charge in [0, 0.05) is 26.2 Å². The van der Waals surface area contributed by atoms with Crippen LogP contribution in [0.5, 0.6) is 0 Å². The van der Waals surface area contributed by atoms with E-state index in [4.69, 9.17) is 4.42 Å². The van der Waals surface area contributed by atoms with Gasteiger partial charge in [0.1, 0.15) is 5.76 Å². The van der Waals surface area contributed by atoms with Crippen molar-refractivity contribution in [2.45, 2.75) is 29.7 Å². The molecule has 0 saturated heterocycles. The number of thiazole rings is 1. The molecule has 0 saturated carbocycles. The lowest BCUT2D eigenvalue weighted by molar-refractivity contribution is -0.115. The third-order valence-corrected chi connectivity index (χ3v) is 5.94. The molecule has 0 radical (unpaired) electrons. The molecule has 142 valence electrons. The van der Waals surface area contributed by atoms with Crippen molar-refractivity contribution in [2.24, 2.45) is 0 Å². The highest BCUT2D eigenvalue weighted by Crippen LogP contribution is 2.30. The van der Waals surface area contributed by atoms with Gasteiger partial charge in [-0.15, -0.1) is 11.8 Å². The summed E-state index contributed by atoms with van der Waals surface area (Å²) in [6.45, 7) is 2.03. The largest absolute Gasteiger partial charge is 0.445 e. The summed E-state index contributed by atoms with van der Waals surface area (Å²) in [4.78, 5) is 22.9. The van der Waals surface area contributed by atoms with Crippen molar-refractivity contribution in [1.82, 2.24) is 9.97 Å². The number of nitrogens with zero attached hydrogens (tertiary/aromatic N) is 3. The van der Waals surface area contributed by atoms with Gasteiger partial charge in [-0.2, -0.15) is 0 Å². The van der Waals surface area contributed by atoms with Gasteiger partial charge in [0.05, 0.1) is 28.8 Å². The van der Waals surface area contributed by atoms with Crippen molar-refractivity contribution < 1.29 is 9.21 Å². The van der Waals surface area contributed by atoms with Crippen molar-refractivity contribution >= 4 is 39.8 Å². The molecule has 3 aromatic rings. The minimum absolute atomic E-state index is 0.0736. The highest BCUT2D eigenvalue weighted by molar-refractivity contribution is 8.00. The van der Waals surface area contributed by atoms with Crippen LogP contribution in [0.4, 0.5) is 10.8 Å². The molecule has 1 aromatic carbocycles. The van der Waals surface area contributed by atoms with Crippen molar-refractivity contribution in [3.05, 3.63) is 53.9 Å². The predicted molar refractivity (Wildman–Crippen MR) is 111 cm³/mol. The summed E-state index contributed by atoms with van der Waals surface area (Å²) in [6, 6.07) is 7.89. The van der Waals surface area contributed by atoms with E-state index in [0.717, 1.165) is 27.6 Å². The van der Waals surface area contributed by atoms with Crippen LogP contribution in [0.25, 0.3) is 0 Å². The van der Waals surface area contributed by atoms with Crippen molar-refractivity contribution in [3.8, 4) is 0 Å². The molecule has 0 spiro atoms. The van der Waals surface area contributed by atoms with Gasteiger partial charge in [-0.25, -0.2) is 9.97 Å². The monoisotopic (exact) mass is 402 g/mol. The molecule has 0 aliphatic rings. The van der Waals surface area contributed by atoms with E-state index in [1.807, 2.05) is 50.2 Å². The first-order valence-corrected chi connectivity index (χ1v) is 10.4. The molecule has 0 aliphatic carbocycles. The summed E-state index contributed by atoms with van der Waals surface area (Å²) in [5.74, 6) is 2.17. The molecule has 27 heavy (non-hydrogen) atoms. The maximum absolute atomic E-state index is 12.4. The lowest BCUT2D eigenvalue weighted by Gasteiger charge is -2.16. The smallest absolute Gasteiger partial charge is 0.230 e. The van der Waals surface area contributed by atoms with Gasteiger partial charge in [0.25, 0.3) is 0 Å². The van der Waals surface area contributed by atoms with Crippen LogP contribution in [0.1, 0.15) is 24.1 Å². The fourth-order valence-electron chi connectivity index (χ4n) is 2.53. The number of carbonyl (C=O) groups is 1. The molecular formula is C19H22N4O2S2. The van der Waals surface area contributed by atoms with E-state index < -0.39 is 0 Å². The number of rotatable bonds is 8. The topological polar surface area (TPSA) is 71.3 Å². The minimum atomic E-state index is -0.0736. The van der Waals surface area contributed by atoms with Gasteiger partial charge in [-0.1, -0.05) is 36.5 Å². The first-order valence-electron chi connectivity index (χ1n) is 8.62. The fourth-order valence-corrected chi connectivity index (χ4v) is 4.27. The second kappa shape index (κ2) is 9.05. The van der Waals surface area contributed by atoms with Crippen LogP contribution in [0.2, 0.25) is 0 Å². The van der Waals surface area contributed by atoms with Gasteiger partial charge in [0.15, 0.2) is 5.13 Å². The van der Waals surface area contributed by atoms with E-state index in [0.29, 0.717) is 23.2 Å². The Hall–Kier alpha value is -2.32. The van der Waals surface area contributed by atoms with Crippen molar-refractivity contribution in [3.63, 3.8) is 0 Å². The first kappa shape index (κ1) is 19.4. The van der Waals surface area contributed by atoms with Crippen LogP contribution in [-0.4, -0.2) is 30.0 Å². The molecule has 8 heteroatoms. The van der Waals surface area contributed by atoms with Crippen LogP contribution in [-0.2, 0) is 23.4 Å².